The van der Waals surface area contributed by atoms with Gasteiger partial charge in [0.25, 0.3) is 0 Å². The van der Waals surface area contributed by atoms with Gasteiger partial charge in [-0.2, -0.15) is 0 Å². The fraction of sp³-hybridized carbons (Fsp3) is 0.235. The summed E-state index contributed by atoms with van der Waals surface area (Å²) < 4.78 is 2.22. The minimum atomic E-state index is 0.611. The van der Waals surface area contributed by atoms with Crippen molar-refractivity contribution >= 4 is 5.52 Å². The van der Waals surface area contributed by atoms with E-state index in [1.807, 2.05) is 6.20 Å². The highest BCUT2D eigenvalue weighted by atomic mass is 15.0. The van der Waals surface area contributed by atoms with Crippen molar-refractivity contribution in [2.24, 2.45) is 5.73 Å². The molecule has 0 saturated heterocycles. The molecule has 2 N–H and O–H groups in total. The first-order valence-corrected chi connectivity index (χ1v) is 6.94. The molecule has 2 heterocycles. The van der Waals surface area contributed by atoms with Gasteiger partial charge in [-0.25, -0.2) is 4.98 Å². The summed E-state index contributed by atoms with van der Waals surface area (Å²) in [5.41, 5.74) is 11.8. The van der Waals surface area contributed by atoms with Crippen LogP contribution in [0.4, 0.5) is 0 Å². The van der Waals surface area contributed by atoms with Gasteiger partial charge in [0, 0.05) is 12.0 Å². The highest BCUT2D eigenvalue weighted by molar-refractivity contribution is 5.69. The molecule has 0 amide bonds. The maximum atomic E-state index is 5.70. The molecule has 0 saturated carbocycles. The Hall–Kier alpha value is -2.13. The second-order valence-corrected chi connectivity index (χ2v) is 5.20. The van der Waals surface area contributed by atoms with Crippen LogP contribution in [0, 0.1) is 13.8 Å². The molecule has 0 radical (unpaired) electrons. The van der Waals surface area contributed by atoms with E-state index in [9.17, 15) is 0 Å². The molecule has 0 fully saturated rings. The van der Waals surface area contributed by atoms with Gasteiger partial charge in [-0.05, 0) is 44.2 Å². The lowest BCUT2D eigenvalue weighted by Gasteiger charge is -2.12. The number of aromatic nitrogens is 2. The Labute approximate surface area is 119 Å². The second-order valence-electron chi connectivity index (χ2n) is 5.20. The van der Waals surface area contributed by atoms with E-state index in [0.717, 1.165) is 17.8 Å². The zero-order valence-electron chi connectivity index (χ0n) is 11.9. The number of nitrogens with two attached hydrogens (primary N) is 1. The summed E-state index contributed by atoms with van der Waals surface area (Å²) in [5, 5.41) is 0. The average Bonchev–Trinajstić information content (AvgIpc) is 2.85. The Morgan fingerprint density at radius 2 is 2.00 bits per heavy atom. The zero-order chi connectivity index (χ0) is 14.1. The van der Waals surface area contributed by atoms with Gasteiger partial charge in [0.2, 0.25) is 0 Å². The molecule has 3 nitrogen and oxygen atoms in total. The minimum absolute atomic E-state index is 0.611. The first-order chi connectivity index (χ1) is 9.70. The normalized spacial score (nSPS) is 11.2. The molecule has 3 rings (SSSR count). The van der Waals surface area contributed by atoms with Crippen LogP contribution in [-0.4, -0.2) is 15.9 Å². The average molecular weight is 265 g/mol. The summed E-state index contributed by atoms with van der Waals surface area (Å²) in [6.07, 6.45) is 2.70. The van der Waals surface area contributed by atoms with E-state index in [2.05, 4.69) is 59.6 Å². The van der Waals surface area contributed by atoms with Gasteiger partial charge in [0.1, 0.15) is 5.82 Å². The Morgan fingerprint density at radius 1 is 1.15 bits per heavy atom. The molecule has 0 aliphatic heterocycles. The molecule has 0 aliphatic rings. The number of nitrogens with zero attached hydrogens (tertiary/aromatic N) is 2. The summed E-state index contributed by atoms with van der Waals surface area (Å²) in [4.78, 5) is 4.51. The number of fused-ring (bicyclic) bond motifs is 1. The lowest BCUT2D eigenvalue weighted by atomic mass is 10.0. The quantitative estimate of drug-likeness (QED) is 0.790. The molecular weight excluding hydrogens is 246 g/mol. The summed E-state index contributed by atoms with van der Waals surface area (Å²) in [7, 11) is 0. The van der Waals surface area contributed by atoms with Crippen molar-refractivity contribution in [1.29, 1.82) is 0 Å². The predicted octanol–water partition coefficient (Wildman–Crippen LogP) is 3.12. The van der Waals surface area contributed by atoms with Gasteiger partial charge < -0.3 is 5.73 Å². The largest absolute Gasteiger partial charge is 0.330 e. The number of rotatable bonds is 3. The molecule has 102 valence electrons. The molecule has 3 aromatic rings. The van der Waals surface area contributed by atoms with E-state index in [1.54, 1.807) is 0 Å². The number of hydrogen-bond donors (Lipinski definition) is 1. The number of benzene rings is 1. The lowest BCUT2D eigenvalue weighted by molar-refractivity contribution is 0.865. The van der Waals surface area contributed by atoms with Crippen LogP contribution >= 0.6 is 0 Å². The second kappa shape index (κ2) is 5.10. The lowest BCUT2D eigenvalue weighted by Crippen LogP contribution is -2.07. The van der Waals surface area contributed by atoms with Gasteiger partial charge >= 0.3 is 0 Å². The predicted molar refractivity (Wildman–Crippen MR) is 82.9 cm³/mol. The van der Waals surface area contributed by atoms with Gasteiger partial charge in [-0.1, -0.05) is 23.8 Å². The van der Waals surface area contributed by atoms with Crippen LogP contribution in [0.1, 0.15) is 17.0 Å². The van der Waals surface area contributed by atoms with Gasteiger partial charge in [-0.15, -0.1) is 0 Å². The molecule has 1 aromatic carbocycles. The number of aryl methyl sites for hydroxylation is 2. The van der Waals surface area contributed by atoms with E-state index in [-0.39, 0.29) is 0 Å². The molecule has 3 heteroatoms. The Bertz CT molecular complexity index is 756. The fourth-order valence-electron chi connectivity index (χ4n) is 2.64. The van der Waals surface area contributed by atoms with E-state index < -0.39 is 0 Å². The monoisotopic (exact) mass is 265 g/mol. The Balaban J connectivity index is 2.30. The first-order valence-electron chi connectivity index (χ1n) is 6.94. The molecule has 0 spiro atoms. The van der Waals surface area contributed by atoms with Crippen molar-refractivity contribution < 1.29 is 0 Å². The highest BCUT2D eigenvalue weighted by Crippen LogP contribution is 2.26. The summed E-state index contributed by atoms with van der Waals surface area (Å²) in [5.74, 6) is 1.03. The molecule has 2 aromatic heterocycles. The standard InChI is InChI=1S/C17H19N3/c1-12-6-7-13(2)15(10-12)16-5-3-4-14-11-19-17(8-9-18)20(14)16/h3-7,10-11H,8-9,18H2,1-2H3. The van der Waals surface area contributed by atoms with Crippen LogP contribution in [0.3, 0.4) is 0 Å². The fourth-order valence-corrected chi connectivity index (χ4v) is 2.64. The van der Waals surface area contributed by atoms with E-state index in [0.29, 0.717) is 6.54 Å². The van der Waals surface area contributed by atoms with Crippen molar-refractivity contribution in [2.75, 3.05) is 6.54 Å². The molecule has 0 aliphatic carbocycles. The maximum absolute atomic E-state index is 5.70. The maximum Gasteiger partial charge on any atom is 0.114 e. The third-order valence-corrected chi connectivity index (χ3v) is 3.66. The van der Waals surface area contributed by atoms with Crippen molar-refractivity contribution in [3.63, 3.8) is 0 Å². The van der Waals surface area contributed by atoms with Crippen molar-refractivity contribution in [1.82, 2.24) is 9.38 Å². The van der Waals surface area contributed by atoms with Crippen LogP contribution in [0.5, 0.6) is 0 Å². The van der Waals surface area contributed by atoms with Crippen LogP contribution in [0.2, 0.25) is 0 Å². The SMILES string of the molecule is Cc1ccc(C)c(-c2cccc3cnc(CCN)n23)c1. The van der Waals surface area contributed by atoms with E-state index in [1.165, 1.54) is 22.4 Å². The zero-order valence-corrected chi connectivity index (χ0v) is 11.9. The molecule has 0 unspecified atom stereocenters. The van der Waals surface area contributed by atoms with Crippen LogP contribution < -0.4 is 5.73 Å². The molecule has 20 heavy (non-hydrogen) atoms. The highest BCUT2D eigenvalue weighted by Gasteiger charge is 2.10. The summed E-state index contributed by atoms with van der Waals surface area (Å²) in [6, 6.07) is 12.9. The molecule has 0 bridgehead atoms. The van der Waals surface area contributed by atoms with Crippen LogP contribution in [0.25, 0.3) is 16.8 Å². The summed E-state index contributed by atoms with van der Waals surface area (Å²) >= 11 is 0. The topological polar surface area (TPSA) is 43.3 Å². The molecular formula is C17H19N3. The number of hydrogen-bond acceptors (Lipinski definition) is 2. The van der Waals surface area contributed by atoms with Crippen LogP contribution in [-0.2, 0) is 6.42 Å². The molecule has 0 atom stereocenters. The van der Waals surface area contributed by atoms with Gasteiger partial charge in [-0.3, -0.25) is 4.40 Å². The smallest absolute Gasteiger partial charge is 0.114 e. The number of imidazole rings is 1. The van der Waals surface area contributed by atoms with Crippen molar-refractivity contribution in [3.8, 4) is 11.3 Å². The first kappa shape index (κ1) is 12.9. The Kier molecular flexibility index (Phi) is 3.28. The van der Waals surface area contributed by atoms with E-state index in [4.69, 9.17) is 5.73 Å². The van der Waals surface area contributed by atoms with Gasteiger partial charge in [0.15, 0.2) is 0 Å². The number of pyridine rings is 1. The van der Waals surface area contributed by atoms with Crippen molar-refractivity contribution in [3.05, 3.63) is 59.5 Å². The van der Waals surface area contributed by atoms with Crippen LogP contribution in [0.15, 0.2) is 42.6 Å². The van der Waals surface area contributed by atoms with Gasteiger partial charge in [0.05, 0.1) is 17.4 Å². The third-order valence-electron chi connectivity index (χ3n) is 3.66. The minimum Gasteiger partial charge on any atom is -0.330 e. The van der Waals surface area contributed by atoms with Crippen molar-refractivity contribution in [2.45, 2.75) is 20.3 Å². The Morgan fingerprint density at radius 3 is 2.80 bits per heavy atom. The van der Waals surface area contributed by atoms with E-state index >= 15 is 0 Å². The summed E-state index contributed by atoms with van der Waals surface area (Å²) in [6.45, 7) is 4.88. The third kappa shape index (κ3) is 2.10.